The van der Waals surface area contributed by atoms with Crippen molar-refractivity contribution in [3.8, 4) is 11.5 Å². The van der Waals surface area contributed by atoms with Crippen molar-refractivity contribution in [3.63, 3.8) is 0 Å². The molecule has 118 valence electrons. The van der Waals surface area contributed by atoms with Gasteiger partial charge in [0.2, 0.25) is 0 Å². The fourth-order valence-corrected chi connectivity index (χ4v) is 4.11. The van der Waals surface area contributed by atoms with E-state index in [0.29, 0.717) is 0 Å². The summed E-state index contributed by atoms with van der Waals surface area (Å²) in [6, 6.07) is 8.24. The molecule has 1 atom stereocenters. The van der Waals surface area contributed by atoms with Crippen LogP contribution in [0.15, 0.2) is 42.5 Å². The highest BCUT2D eigenvalue weighted by Crippen LogP contribution is 2.58. The molecule has 0 aliphatic heterocycles. The summed E-state index contributed by atoms with van der Waals surface area (Å²) in [5.41, 5.74) is 0. The summed E-state index contributed by atoms with van der Waals surface area (Å²) in [6.45, 7) is 5.00. The van der Waals surface area contributed by atoms with Gasteiger partial charge in [-0.05, 0) is 63.2 Å². The van der Waals surface area contributed by atoms with E-state index in [0.717, 1.165) is 18.2 Å². The first-order valence-electron chi connectivity index (χ1n) is 6.68. The quantitative estimate of drug-likeness (QED) is 0.848. The van der Waals surface area contributed by atoms with Crippen LogP contribution >= 0.6 is 7.37 Å². The van der Waals surface area contributed by atoms with Gasteiger partial charge in [0, 0.05) is 0 Å². The van der Waals surface area contributed by atoms with E-state index in [1.54, 1.807) is 20.8 Å². The van der Waals surface area contributed by atoms with Crippen LogP contribution in [0.1, 0.15) is 20.8 Å². The summed E-state index contributed by atoms with van der Waals surface area (Å²) in [6.07, 6.45) is 0. The molecular weight excluding hydrogens is 309 g/mol. The normalized spacial score (nSPS) is 14.4. The summed E-state index contributed by atoms with van der Waals surface area (Å²) >= 11 is 0. The predicted molar refractivity (Wildman–Crippen MR) is 82.1 cm³/mol. The fraction of sp³-hybridized carbons (Fsp3) is 0.250. The summed E-state index contributed by atoms with van der Waals surface area (Å²) < 4.78 is 45.5. The van der Waals surface area contributed by atoms with Gasteiger partial charge >= 0.3 is 0 Å². The number of rotatable bonds is 3. The minimum absolute atomic E-state index is 0.0932. The second-order valence-corrected chi connectivity index (χ2v) is 9.01. The zero-order chi connectivity index (χ0) is 16.5. The first kappa shape index (κ1) is 16.5. The molecule has 0 heterocycles. The Labute approximate surface area is 128 Å². The van der Waals surface area contributed by atoms with Gasteiger partial charge < -0.3 is 9.63 Å². The Kier molecular flexibility index (Phi) is 4.30. The molecule has 1 N–H and O–H groups in total. The molecule has 1 unspecified atom stereocenters. The number of phenols is 1. The van der Waals surface area contributed by atoms with Gasteiger partial charge in [-0.15, -0.1) is 0 Å². The average Bonchev–Trinajstić information content (AvgIpc) is 2.42. The molecule has 2 aromatic rings. The van der Waals surface area contributed by atoms with Gasteiger partial charge in [0.1, 0.15) is 23.1 Å². The average molecular weight is 326 g/mol. The maximum absolute atomic E-state index is 13.5. The van der Waals surface area contributed by atoms with Crippen molar-refractivity contribution >= 4 is 12.7 Å². The van der Waals surface area contributed by atoms with Crippen molar-refractivity contribution in [3.05, 3.63) is 54.1 Å². The second kappa shape index (κ2) is 5.73. The standard InChI is InChI=1S/C16H17F2O3P/c1-16(2,3)22(20,15-10-12(18)6-9-14(15)19)21-13-7-4-11(17)5-8-13/h4-10,19H,1-3H3. The van der Waals surface area contributed by atoms with Gasteiger partial charge in [-0.1, -0.05) is 0 Å². The molecule has 6 heteroatoms. The molecule has 2 rings (SSSR count). The topological polar surface area (TPSA) is 46.5 Å². The van der Waals surface area contributed by atoms with E-state index in [2.05, 4.69) is 0 Å². The third-order valence-electron chi connectivity index (χ3n) is 3.19. The highest BCUT2D eigenvalue weighted by molar-refractivity contribution is 7.69. The maximum Gasteiger partial charge on any atom is 0.286 e. The smallest absolute Gasteiger partial charge is 0.286 e. The number of hydrogen-bond donors (Lipinski definition) is 1. The Balaban J connectivity index is 2.56. The lowest BCUT2D eigenvalue weighted by atomic mass is 10.3. The number of phenolic OH excluding ortho intramolecular Hbond substituents is 1. The van der Waals surface area contributed by atoms with Crippen LogP contribution in [-0.2, 0) is 4.57 Å². The third-order valence-corrected chi connectivity index (χ3v) is 6.41. The Morgan fingerprint density at radius 3 is 2.09 bits per heavy atom. The van der Waals surface area contributed by atoms with Crippen molar-refractivity contribution in [2.45, 2.75) is 25.9 Å². The number of halogens is 2. The van der Waals surface area contributed by atoms with Gasteiger partial charge in [0.05, 0.1) is 10.5 Å². The zero-order valence-electron chi connectivity index (χ0n) is 12.5. The molecule has 0 saturated carbocycles. The number of hydrogen-bond acceptors (Lipinski definition) is 3. The van der Waals surface area contributed by atoms with Crippen LogP contribution in [0.3, 0.4) is 0 Å². The largest absolute Gasteiger partial charge is 0.507 e. The van der Waals surface area contributed by atoms with Crippen LogP contribution in [0.4, 0.5) is 8.78 Å². The Hall–Kier alpha value is -1.87. The molecule has 0 spiro atoms. The first-order valence-corrected chi connectivity index (χ1v) is 8.30. The highest BCUT2D eigenvalue weighted by atomic mass is 31.2. The lowest BCUT2D eigenvalue weighted by Crippen LogP contribution is -2.27. The molecule has 22 heavy (non-hydrogen) atoms. The molecule has 0 saturated heterocycles. The molecule has 0 fully saturated rings. The predicted octanol–water partition coefficient (Wildman–Crippen LogP) is 4.45. The number of aromatic hydroxyl groups is 1. The molecule has 0 aromatic heterocycles. The zero-order valence-corrected chi connectivity index (χ0v) is 13.4. The van der Waals surface area contributed by atoms with E-state index >= 15 is 0 Å². The van der Waals surface area contributed by atoms with E-state index in [1.165, 1.54) is 24.3 Å². The first-order chi connectivity index (χ1) is 10.1. The summed E-state index contributed by atoms with van der Waals surface area (Å²) in [4.78, 5) is 0. The van der Waals surface area contributed by atoms with Gasteiger partial charge in [-0.3, -0.25) is 4.57 Å². The monoisotopic (exact) mass is 326 g/mol. The molecule has 0 bridgehead atoms. The second-order valence-electron chi connectivity index (χ2n) is 5.90. The highest BCUT2D eigenvalue weighted by Gasteiger charge is 2.43. The Morgan fingerprint density at radius 2 is 1.55 bits per heavy atom. The molecule has 0 aliphatic rings. The van der Waals surface area contributed by atoms with Gasteiger partial charge in [-0.2, -0.15) is 0 Å². The molecule has 0 amide bonds. The van der Waals surface area contributed by atoms with Crippen LogP contribution in [0.2, 0.25) is 0 Å². The third kappa shape index (κ3) is 3.14. The molecule has 0 radical (unpaired) electrons. The summed E-state index contributed by atoms with van der Waals surface area (Å²) in [5, 5.41) is 8.99. The van der Waals surface area contributed by atoms with Crippen LogP contribution in [0.5, 0.6) is 11.5 Å². The summed E-state index contributed by atoms with van der Waals surface area (Å²) in [5.74, 6) is -1.20. The van der Waals surface area contributed by atoms with Gasteiger partial charge in [-0.25, -0.2) is 8.78 Å². The van der Waals surface area contributed by atoms with E-state index < -0.39 is 24.2 Å². The minimum atomic E-state index is -3.67. The van der Waals surface area contributed by atoms with E-state index in [9.17, 15) is 18.5 Å². The van der Waals surface area contributed by atoms with Crippen LogP contribution in [0, 0.1) is 11.6 Å². The molecule has 3 nitrogen and oxygen atoms in total. The van der Waals surface area contributed by atoms with E-state index in [4.69, 9.17) is 4.52 Å². The Bertz CT molecular complexity index is 721. The molecular formula is C16H17F2O3P. The van der Waals surface area contributed by atoms with Gasteiger partial charge in [0.25, 0.3) is 7.37 Å². The summed E-state index contributed by atoms with van der Waals surface area (Å²) in [7, 11) is -3.67. The molecule has 2 aromatic carbocycles. The Morgan fingerprint density at radius 1 is 1.00 bits per heavy atom. The SMILES string of the molecule is CC(C)(C)P(=O)(Oc1ccc(F)cc1)c1cc(F)ccc1O. The van der Waals surface area contributed by atoms with Crippen LogP contribution in [0.25, 0.3) is 0 Å². The fourth-order valence-electron chi connectivity index (χ4n) is 1.92. The molecule has 0 aliphatic carbocycles. The minimum Gasteiger partial charge on any atom is -0.507 e. The van der Waals surface area contributed by atoms with Crippen molar-refractivity contribution in [2.24, 2.45) is 0 Å². The number of benzene rings is 2. The van der Waals surface area contributed by atoms with Crippen molar-refractivity contribution in [1.82, 2.24) is 0 Å². The lowest BCUT2D eigenvalue weighted by Gasteiger charge is -2.31. The van der Waals surface area contributed by atoms with E-state index in [-0.39, 0.29) is 16.8 Å². The van der Waals surface area contributed by atoms with Crippen molar-refractivity contribution in [1.29, 1.82) is 0 Å². The lowest BCUT2D eigenvalue weighted by molar-refractivity contribution is 0.451. The van der Waals surface area contributed by atoms with Crippen LogP contribution in [-0.4, -0.2) is 10.3 Å². The van der Waals surface area contributed by atoms with Crippen molar-refractivity contribution in [2.75, 3.05) is 0 Å². The maximum atomic E-state index is 13.5. The van der Waals surface area contributed by atoms with Crippen LogP contribution < -0.4 is 9.83 Å². The van der Waals surface area contributed by atoms with E-state index in [1.807, 2.05) is 0 Å². The van der Waals surface area contributed by atoms with Crippen molar-refractivity contribution < 1.29 is 23.0 Å². The van der Waals surface area contributed by atoms with Gasteiger partial charge in [0.15, 0.2) is 0 Å².